The molecule has 160 valence electrons. The maximum atomic E-state index is 12.7. The summed E-state index contributed by atoms with van der Waals surface area (Å²) in [6, 6.07) is 8.29. The van der Waals surface area contributed by atoms with Crippen molar-refractivity contribution in [1.82, 2.24) is 0 Å². The van der Waals surface area contributed by atoms with Crippen LogP contribution < -0.4 is 8.92 Å². The van der Waals surface area contributed by atoms with Crippen molar-refractivity contribution in [2.24, 2.45) is 0 Å². The van der Waals surface area contributed by atoms with E-state index in [1.165, 1.54) is 32.2 Å². The number of carboxylic acids is 1. The number of esters is 1. The van der Waals surface area contributed by atoms with Gasteiger partial charge in [-0.2, -0.15) is 8.42 Å². The predicted molar refractivity (Wildman–Crippen MR) is 103 cm³/mol. The summed E-state index contributed by atoms with van der Waals surface area (Å²) < 4.78 is 40.8. The van der Waals surface area contributed by atoms with Crippen molar-refractivity contribution in [1.29, 1.82) is 0 Å². The number of aliphatic hydroxyl groups is 1. The van der Waals surface area contributed by atoms with Crippen molar-refractivity contribution in [3.05, 3.63) is 53.1 Å². The maximum Gasteiger partial charge on any atom is 0.340 e. The summed E-state index contributed by atoms with van der Waals surface area (Å²) in [5.41, 5.74) is -1.61. The summed E-state index contributed by atoms with van der Waals surface area (Å²) >= 11 is 0. The predicted octanol–water partition coefficient (Wildman–Crippen LogP) is 2.21. The van der Waals surface area contributed by atoms with E-state index in [0.29, 0.717) is 0 Å². The third-order valence-corrected chi connectivity index (χ3v) is 6.16. The number of aryl methyl sites for hydroxylation is 1. The first-order valence-corrected chi connectivity index (χ1v) is 10.3. The number of rotatable bonds is 7. The first-order valence-electron chi connectivity index (χ1n) is 8.93. The standard InChI is InChI=1S/C20H20O9S/c1-4-20(24,19(22)23)17-13-9-16(15(27-3)10-14(13)18(21)28-17)29-30(25,26)12-7-5-11(2)6-8-12/h5-10,17,24H,4H2,1-3H3,(H,22,23)/t17-,20+/m1/s1. The van der Waals surface area contributed by atoms with E-state index in [9.17, 15) is 28.2 Å². The van der Waals surface area contributed by atoms with Gasteiger partial charge in [0.25, 0.3) is 0 Å². The second-order valence-corrected chi connectivity index (χ2v) is 8.36. The SMILES string of the molecule is CC[C@@](O)(C(=O)O)[C@@H]1OC(=O)c2cc(OC)c(OS(=O)(=O)c3ccc(C)cc3)cc21. The van der Waals surface area contributed by atoms with E-state index < -0.39 is 33.8 Å². The lowest BCUT2D eigenvalue weighted by Crippen LogP contribution is -2.44. The largest absolute Gasteiger partial charge is 0.493 e. The smallest absolute Gasteiger partial charge is 0.340 e. The van der Waals surface area contributed by atoms with E-state index >= 15 is 0 Å². The molecule has 2 aromatic rings. The van der Waals surface area contributed by atoms with Gasteiger partial charge in [-0.25, -0.2) is 9.59 Å². The molecule has 2 aromatic carbocycles. The van der Waals surface area contributed by atoms with Gasteiger partial charge in [0.2, 0.25) is 5.60 Å². The molecule has 2 atom stereocenters. The van der Waals surface area contributed by atoms with Crippen LogP contribution in [0.15, 0.2) is 41.3 Å². The first-order chi connectivity index (χ1) is 14.0. The average Bonchev–Trinajstić information content (AvgIpc) is 3.02. The van der Waals surface area contributed by atoms with Crippen LogP contribution >= 0.6 is 0 Å². The number of carbonyl (C=O) groups is 2. The topological polar surface area (TPSA) is 136 Å². The minimum absolute atomic E-state index is 0.0124. The molecule has 0 saturated heterocycles. The van der Waals surface area contributed by atoms with E-state index in [2.05, 4.69) is 0 Å². The molecule has 0 radical (unpaired) electrons. The zero-order chi connectivity index (χ0) is 22.3. The summed E-state index contributed by atoms with van der Waals surface area (Å²) in [5, 5.41) is 20.0. The van der Waals surface area contributed by atoms with Crippen molar-refractivity contribution in [2.75, 3.05) is 7.11 Å². The lowest BCUT2D eigenvalue weighted by atomic mass is 9.88. The van der Waals surface area contributed by atoms with E-state index in [-0.39, 0.29) is 33.9 Å². The van der Waals surface area contributed by atoms with Gasteiger partial charge in [0, 0.05) is 5.56 Å². The number of aliphatic carboxylic acids is 1. The molecule has 0 aliphatic carbocycles. The molecule has 10 heteroatoms. The second-order valence-electron chi connectivity index (χ2n) is 6.81. The Morgan fingerprint density at radius 3 is 2.37 bits per heavy atom. The summed E-state index contributed by atoms with van der Waals surface area (Å²) in [5.74, 6) is -2.79. The Kier molecular flexibility index (Phi) is 5.48. The Balaban J connectivity index is 2.09. The van der Waals surface area contributed by atoms with Crippen molar-refractivity contribution in [3.8, 4) is 11.5 Å². The Labute approximate surface area is 172 Å². The molecule has 30 heavy (non-hydrogen) atoms. The molecule has 1 aliphatic heterocycles. The zero-order valence-corrected chi connectivity index (χ0v) is 17.2. The van der Waals surface area contributed by atoms with Crippen molar-refractivity contribution < 1.29 is 41.9 Å². The van der Waals surface area contributed by atoms with Crippen molar-refractivity contribution >= 4 is 22.1 Å². The number of carboxylic acid groups (broad SMARTS) is 1. The molecule has 0 saturated carbocycles. The minimum Gasteiger partial charge on any atom is -0.493 e. The maximum absolute atomic E-state index is 12.7. The summed E-state index contributed by atoms with van der Waals surface area (Å²) in [4.78, 5) is 23.7. The van der Waals surface area contributed by atoms with Gasteiger partial charge in [-0.15, -0.1) is 0 Å². The molecule has 9 nitrogen and oxygen atoms in total. The van der Waals surface area contributed by atoms with E-state index in [1.54, 1.807) is 19.1 Å². The third kappa shape index (κ3) is 3.59. The molecule has 2 N–H and O–H groups in total. The number of carbonyl (C=O) groups excluding carboxylic acids is 1. The zero-order valence-electron chi connectivity index (χ0n) is 16.4. The highest BCUT2D eigenvalue weighted by Gasteiger charge is 2.51. The fraction of sp³-hybridized carbons (Fsp3) is 0.300. The van der Waals surface area contributed by atoms with Gasteiger partial charge in [-0.3, -0.25) is 0 Å². The molecule has 0 amide bonds. The lowest BCUT2D eigenvalue weighted by Gasteiger charge is -2.27. The minimum atomic E-state index is -4.25. The summed E-state index contributed by atoms with van der Waals surface area (Å²) in [6.07, 6.45) is -1.80. The molecular weight excluding hydrogens is 416 g/mol. The van der Waals surface area contributed by atoms with Crippen LogP contribution in [0.5, 0.6) is 11.5 Å². The molecule has 0 spiro atoms. The van der Waals surface area contributed by atoms with Crippen LogP contribution in [-0.2, 0) is 19.6 Å². The number of hydrogen-bond donors (Lipinski definition) is 2. The fourth-order valence-electron chi connectivity index (χ4n) is 3.10. The molecule has 0 unspecified atom stereocenters. The highest BCUT2D eigenvalue weighted by Crippen LogP contribution is 2.45. The van der Waals surface area contributed by atoms with Gasteiger partial charge in [0.1, 0.15) is 4.90 Å². The Bertz CT molecular complexity index is 1110. The van der Waals surface area contributed by atoms with Crippen LogP contribution in [-0.4, -0.2) is 43.3 Å². The van der Waals surface area contributed by atoms with Gasteiger partial charge in [-0.05, 0) is 37.6 Å². The molecular formula is C20H20O9S. The van der Waals surface area contributed by atoms with Gasteiger partial charge >= 0.3 is 22.1 Å². The first kappa shape index (κ1) is 21.6. The highest BCUT2D eigenvalue weighted by atomic mass is 32.2. The van der Waals surface area contributed by atoms with E-state index in [4.69, 9.17) is 13.7 Å². The highest BCUT2D eigenvalue weighted by molar-refractivity contribution is 7.87. The summed E-state index contributed by atoms with van der Waals surface area (Å²) in [6.45, 7) is 3.22. The van der Waals surface area contributed by atoms with Crippen LogP contribution in [0.2, 0.25) is 0 Å². The normalized spacial score (nSPS) is 17.6. The number of cyclic esters (lactones) is 1. The Morgan fingerprint density at radius 2 is 1.83 bits per heavy atom. The molecule has 0 bridgehead atoms. The monoisotopic (exact) mass is 436 g/mol. The molecule has 0 aromatic heterocycles. The number of ether oxygens (including phenoxy) is 2. The van der Waals surface area contributed by atoms with Crippen LogP contribution in [0.25, 0.3) is 0 Å². The van der Waals surface area contributed by atoms with Crippen molar-refractivity contribution in [3.63, 3.8) is 0 Å². The van der Waals surface area contributed by atoms with Crippen LogP contribution in [0.3, 0.4) is 0 Å². The van der Waals surface area contributed by atoms with E-state index in [1.807, 2.05) is 0 Å². The number of fused-ring (bicyclic) bond motifs is 1. The summed E-state index contributed by atoms with van der Waals surface area (Å²) in [7, 11) is -3.00. The Hall–Kier alpha value is -3.11. The molecule has 3 rings (SSSR count). The van der Waals surface area contributed by atoms with Gasteiger partial charge in [0.15, 0.2) is 17.6 Å². The second kappa shape index (κ2) is 7.62. The van der Waals surface area contributed by atoms with Crippen LogP contribution in [0.4, 0.5) is 0 Å². The lowest BCUT2D eigenvalue weighted by molar-refractivity contribution is -0.172. The van der Waals surface area contributed by atoms with E-state index in [0.717, 1.165) is 11.6 Å². The van der Waals surface area contributed by atoms with Crippen LogP contribution in [0, 0.1) is 6.92 Å². The van der Waals surface area contributed by atoms with Gasteiger partial charge in [-0.1, -0.05) is 24.6 Å². The molecule has 1 heterocycles. The number of methoxy groups -OCH3 is 1. The van der Waals surface area contributed by atoms with Crippen LogP contribution in [0.1, 0.15) is 40.9 Å². The molecule has 0 fully saturated rings. The fourth-order valence-corrected chi connectivity index (χ4v) is 4.04. The average molecular weight is 436 g/mol. The number of benzene rings is 2. The van der Waals surface area contributed by atoms with Gasteiger partial charge < -0.3 is 23.9 Å². The van der Waals surface area contributed by atoms with Gasteiger partial charge in [0.05, 0.1) is 12.7 Å². The third-order valence-electron chi connectivity index (χ3n) is 4.92. The Morgan fingerprint density at radius 1 is 1.20 bits per heavy atom. The number of hydrogen-bond acceptors (Lipinski definition) is 8. The molecule has 1 aliphatic rings. The van der Waals surface area contributed by atoms with Crippen molar-refractivity contribution in [2.45, 2.75) is 36.9 Å². The quantitative estimate of drug-likeness (QED) is 0.494.